The van der Waals surface area contributed by atoms with Crippen molar-refractivity contribution >= 4 is 0 Å². The number of aryl methyl sites for hydroxylation is 1. The minimum absolute atomic E-state index is 0.793. The van der Waals surface area contributed by atoms with Gasteiger partial charge in [0.2, 0.25) is 0 Å². The maximum absolute atomic E-state index is 4.29. The maximum Gasteiger partial charge on any atom is 0.0690 e. The molecule has 1 aromatic carbocycles. The van der Waals surface area contributed by atoms with Gasteiger partial charge in [-0.2, -0.15) is 10.2 Å². The molecule has 5 heteroatoms. The summed E-state index contributed by atoms with van der Waals surface area (Å²) in [6.07, 6.45) is 5.56. The largest absolute Gasteiger partial charge is 0.307 e. The predicted octanol–water partition coefficient (Wildman–Crippen LogP) is 1.90. The molecule has 0 aliphatic rings. The lowest BCUT2D eigenvalue weighted by Crippen LogP contribution is -2.16. The molecule has 0 radical (unpaired) electrons. The molecule has 3 rings (SSSR count). The Balaban J connectivity index is 1.70. The zero-order valence-corrected chi connectivity index (χ0v) is 11.4. The highest BCUT2D eigenvalue weighted by molar-refractivity contribution is 5.40. The van der Waals surface area contributed by atoms with Crippen LogP contribution in [0.1, 0.15) is 11.3 Å². The molecule has 5 nitrogen and oxygen atoms in total. The Hall–Kier alpha value is -2.40. The topological polar surface area (TPSA) is 47.7 Å². The first kappa shape index (κ1) is 12.6. The van der Waals surface area contributed by atoms with E-state index in [0.29, 0.717) is 0 Å². The van der Waals surface area contributed by atoms with E-state index in [1.54, 1.807) is 6.20 Å². The molecule has 0 unspecified atom stereocenters. The van der Waals surface area contributed by atoms with Gasteiger partial charge in [0.25, 0.3) is 0 Å². The van der Waals surface area contributed by atoms with Gasteiger partial charge in [0.1, 0.15) is 0 Å². The minimum Gasteiger partial charge on any atom is -0.307 e. The van der Waals surface area contributed by atoms with Crippen molar-refractivity contribution in [3.63, 3.8) is 0 Å². The third kappa shape index (κ3) is 2.62. The number of hydrogen-bond acceptors (Lipinski definition) is 3. The zero-order chi connectivity index (χ0) is 13.8. The SMILES string of the molecule is Cn1nccc1CNCc1ccccc1-n1cccn1. The Morgan fingerprint density at radius 1 is 1.00 bits per heavy atom. The Labute approximate surface area is 117 Å². The van der Waals surface area contributed by atoms with Gasteiger partial charge in [-0.15, -0.1) is 0 Å². The molecule has 2 heterocycles. The molecule has 0 atom stereocenters. The van der Waals surface area contributed by atoms with Crippen molar-refractivity contribution in [2.45, 2.75) is 13.1 Å². The van der Waals surface area contributed by atoms with Crippen molar-refractivity contribution in [2.24, 2.45) is 7.05 Å². The molecular formula is C15H17N5. The summed E-state index contributed by atoms with van der Waals surface area (Å²) in [5.74, 6) is 0. The van der Waals surface area contributed by atoms with E-state index in [-0.39, 0.29) is 0 Å². The number of rotatable bonds is 5. The van der Waals surface area contributed by atoms with E-state index in [2.05, 4.69) is 27.6 Å². The Kier molecular flexibility index (Phi) is 3.60. The molecule has 0 amide bonds. The van der Waals surface area contributed by atoms with Crippen LogP contribution in [0.3, 0.4) is 0 Å². The molecule has 0 saturated heterocycles. The Morgan fingerprint density at radius 2 is 1.90 bits per heavy atom. The molecule has 3 aromatic rings. The van der Waals surface area contributed by atoms with Crippen molar-refractivity contribution in [3.05, 3.63) is 66.2 Å². The molecule has 0 fully saturated rings. The van der Waals surface area contributed by atoms with Gasteiger partial charge >= 0.3 is 0 Å². The Morgan fingerprint density at radius 3 is 2.65 bits per heavy atom. The van der Waals surface area contributed by atoms with Crippen LogP contribution < -0.4 is 5.32 Å². The highest BCUT2D eigenvalue weighted by atomic mass is 15.3. The number of para-hydroxylation sites is 1. The second kappa shape index (κ2) is 5.71. The number of hydrogen-bond donors (Lipinski definition) is 1. The Bertz CT molecular complexity index is 669. The molecule has 0 saturated carbocycles. The summed E-state index contributed by atoms with van der Waals surface area (Å²) >= 11 is 0. The molecule has 2 aromatic heterocycles. The summed E-state index contributed by atoms with van der Waals surface area (Å²) in [4.78, 5) is 0. The predicted molar refractivity (Wildman–Crippen MR) is 77.3 cm³/mol. The molecule has 0 spiro atoms. The van der Waals surface area contributed by atoms with E-state index >= 15 is 0 Å². The van der Waals surface area contributed by atoms with Gasteiger partial charge in [-0.05, 0) is 23.8 Å². The normalized spacial score (nSPS) is 10.8. The lowest BCUT2D eigenvalue weighted by molar-refractivity contribution is 0.624. The van der Waals surface area contributed by atoms with Crippen LogP contribution in [0.25, 0.3) is 5.69 Å². The quantitative estimate of drug-likeness (QED) is 0.768. The van der Waals surface area contributed by atoms with Gasteiger partial charge in [0, 0.05) is 38.7 Å². The summed E-state index contributed by atoms with van der Waals surface area (Å²) in [5, 5.41) is 11.9. The van der Waals surface area contributed by atoms with Crippen LogP contribution in [0.2, 0.25) is 0 Å². The second-order valence-corrected chi connectivity index (χ2v) is 4.63. The van der Waals surface area contributed by atoms with Gasteiger partial charge < -0.3 is 5.32 Å². The number of nitrogens with one attached hydrogen (secondary N) is 1. The summed E-state index contributed by atoms with van der Waals surface area (Å²) in [6, 6.07) is 12.2. The molecule has 0 aliphatic heterocycles. The standard InChI is InChI=1S/C15H17N5/c1-19-14(7-9-17-19)12-16-11-13-5-2-3-6-15(13)20-10-4-8-18-20/h2-10,16H,11-12H2,1H3. The van der Waals surface area contributed by atoms with Gasteiger partial charge in [-0.25, -0.2) is 4.68 Å². The van der Waals surface area contributed by atoms with E-state index in [1.807, 2.05) is 53.1 Å². The van der Waals surface area contributed by atoms with Gasteiger partial charge in [0.05, 0.1) is 11.4 Å². The first-order valence-electron chi connectivity index (χ1n) is 6.60. The van der Waals surface area contributed by atoms with E-state index in [9.17, 15) is 0 Å². The van der Waals surface area contributed by atoms with E-state index in [0.717, 1.165) is 18.8 Å². The van der Waals surface area contributed by atoms with Crippen LogP contribution in [0, 0.1) is 0 Å². The molecule has 1 N–H and O–H groups in total. The van der Waals surface area contributed by atoms with Crippen LogP contribution in [-0.2, 0) is 20.1 Å². The average molecular weight is 267 g/mol. The molecule has 102 valence electrons. The highest BCUT2D eigenvalue weighted by Gasteiger charge is 2.04. The van der Waals surface area contributed by atoms with Crippen molar-refractivity contribution in [2.75, 3.05) is 0 Å². The highest BCUT2D eigenvalue weighted by Crippen LogP contribution is 2.13. The average Bonchev–Trinajstić information content (AvgIpc) is 3.12. The maximum atomic E-state index is 4.29. The van der Waals surface area contributed by atoms with E-state index in [4.69, 9.17) is 0 Å². The van der Waals surface area contributed by atoms with Crippen LogP contribution in [0.5, 0.6) is 0 Å². The lowest BCUT2D eigenvalue weighted by Gasteiger charge is -2.10. The van der Waals surface area contributed by atoms with Crippen molar-refractivity contribution in [1.82, 2.24) is 24.9 Å². The second-order valence-electron chi connectivity index (χ2n) is 4.63. The minimum atomic E-state index is 0.793. The van der Waals surface area contributed by atoms with Crippen LogP contribution in [-0.4, -0.2) is 19.6 Å². The fourth-order valence-corrected chi connectivity index (χ4v) is 2.20. The van der Waals surface area contributed by atoms with Crippen molar-refractivity contribution < 1.29 is 0 Å². The third-order valence-electron chi connectivity index (χ3n) is 3.29. The first-order chi connectivity index (χ1) is 9.84. The van der Waals surface area contributed by atoms with Crippen LogP contribution in [0.15, 0.2) is 55.0 Å². The van der Waals surface area contributed by atoms with Crippen molar-refractivity contribution in [1.29, 1.82) is 0 Å². The van der Waals surface area contributed by atoms with Crippen molar-refractivity contribution in [3.8, 4) is 5.69 Å². The molecule has 20 heavy (non-hydrogen) atoms. The number of benzene rings is 1. The summed E-state index contributed by atoms with van der Waals surface area (Å²) < 4.78 is 3.77. The summed E-state index contributed by atoms with van der Waals surface area (Å²) in [7, 11) is 1.95. The van der Waals surface area contributed by atoms with E-state index < -0.39 is 0 Å². The first-order valence-corrected chi connectivity index (χ1v) is 6.60. The van der Waals surface area contributed by atoms with Gasteiger partial charge in [-0.1, -0.05) is 18.2 Å². The summed E-state index contributed by atoms with van der Waals surface area (Å²) in [5.41, 5.74) is 3.50. The van der Waals surface area contributed by atoms with Gasteiger partial charge in [0.15, 0.2) is 0 Å². The monoisotopic (exact) mass is 267 g/mol. The number of nitrogens with zero attached hydrogens (tertiary/aromatic N) is 4. The fourth-order valence-electron chi connectivity index (χ4n) is 2.20. The van der Waals surface area contributed by atoms with Crippen LogP contribution in [0.4, 0.5) is 0 Å². The lowest BCUT2D eigenvalue weighted by atomic mass is 10.2. The molecule has 0 aliphatic carbocycles. The van der Waals surface area contributed by atoms with Gasteiger partial charge in [-0.3, -0.25) is 4.68 Å². The summed E-state index contributed by atoms with van der Waals surface area (Å²) in [6.45, 7) is 1.59. The smallest absolute Gasteiger partial charge is 0.0690 e. The molecular weight excluding hydrogens is 250 g/mol. The third-order valence-corrected chi connectivity index (χ3v) is 3.29. The van der Waals surface area contributed by atoms with Crippen LogP contribution >= 0.6 is 0 Å². The molecule has 0 bridgehead atoms. The number of aromatic nitrogens is 4. The van der Waals surface area contributed by atoms with E-state index in [1.165, 1.54) is 11.3 Å². The fraction of sp³-hybridized carbons (Fsp3) is 0.200. The zero-order valence-electron chi connectivity index (χ0n) is 11.4.